The summed E-state index contributed by atoms with van der Waals surface area (Å²) >= 11 is 0. The van der Waals surface area contributed by atoms with Gasteiger partial charge in [-0.25, -0.2) is 8.78 Å². The van der Waals surface area contributed by atoms with Crippen LogP contribution in [0.2, 0.25) is 0 Å². The van der Waals surface area contributed by atoms with Gasteiger partial charge in [0.25, 0.3) is 0 Å². The highest BCUT2D eigenvalue weighted by Crippen LogP contribution is 2.24. The van der Waals surface area contributed by atoms with Crippen LogP contribution in [-0.4, -0.2) is 13.7 Å². The standard InChI is InChI=1S/C15H16F2N2O/c1-20-11-4-2-10(3-5-11)8-9-19-15-13(18)7-6-12(16)14(15)17/h2-7,19H,8-9,18H2,1H3. The molecule has 0 aliphatic heterocycles. The van der Waals surface area contributed by atoms with E-state index in [4.69, 9.17) is 10.5 Å². The second kappa shape index (κ2) is 6.23. The van der Waals surface area contributed by atoms with Gasteiger partial charge in [0.2, 0.25) is 0 Å². The molecule has 0 radical (unpaired) electrons. The number of halogens is 2. The second-order valence-corrected chi connectivity index (χ2v) is 4.35. The van der Waals surface area contributed by atoms with Gasteiger partial charge in [0, 0.05) is 6.54 Å². The minimum Gasteiger partial charge on any atom is -0.497 e. The van der Waals surface area contributed by atoms with Crippen molar-refractivity contribution in [1.29, 1.82) is 0 Å². The number of benzene rings is 2. The fraction of sp³-hybridized carbons (Fsp3) is 0.200. The van der Waals surface area contributed by atoms with Crippen LogP contribution in [0.15, 0.2) is 36.4 Å². The third-order valence-electron chi connectivity index (χ3n) is 3.00. The maximum Gasteiger partial charge on any atom is 0.183 e. The van der Waals surface area contributed by atoms with Gasteiger partial charge in [0.15, 0.2) is 11.6 Å². The number of nitrogen functional groups attached to an aromatic ring is 1. The lowest BCUT2D eigenvalue weighted by Gasteiger charge is -2.11. The van der Waals surface area contributed by atoms with E-state index >= 15 is 0 Å². The monoisotopic (exact) mass is 278 g/mol. The number of nitrogens with one attached hydrogen (secondary N) is 1. The first-order chi connectivity index (χ1) is 9.61. The number of hydrogen-bond acceptors (Lipinski definition) is 3. The molecule has 0 spiro atoms. The largest absolute Gasteiger partial charge is 0.497 e. The zero-order valence-corrected chi connectivity index (χ0v) is 11.1. The van der Waals surface area contributed by atoms with Gasteiger partial charge in [-0.2, -0.15) is 0 Å². The normalized spacial score (nSPS) is 10.3. The summed E-state index contributed by atoms with van der Waals surface area (Å²) in [4.78, 5) is 0. The van der Waals surface area contributed by atoms with E-state index in [1.165, 1.54) is 6.07 Å². The van der Waals surface area contributed by atoms with E-state index in [2.05, 4.69) is 5.32 Å². The number of methoxy groups -OCH3 is 1. The Morgan fingerprint density at radius 3 is 2.45 bits per heavy atom. The van der Waals surface area contributed by atoms with E-state index in [0.29, 0.717) is 13.0 Å². The minimum atomic E-state index is -0.945. The highest BCUT2D eigenvalue weighted by molar-refractivity contribution is 5.66. The van der Waals surface area contributed by atoms with Crippen molar-refractivity contribution in [1.82, 2.24) is 0 Å². The molecule has 0 heterocycles. The van der Waals surface area contributed by atoms with Crippen molar-refractivity contribution in [2.24, 2.45) is 0 Å². The second-order valence-electron chi connectivity index (χ2n) is 4.35. The van der Waals surface area contributed by atoms with Crippen molar-refractivity contribution in [2.75, 3.05) is 24.7 Å². The molecule has 3 nitrogen and oxygen atoms in total. The quantitative estimate of drug-likeness (QED) is 0.826. The first-order valence-electron chi connectivity index (χ1n) is 6.22. The Bertz CT molecular complexity index is 585. The zero-order valence-electron chi connectivity index (χ0n) is 11.1. The predicted molar refractivity (Wildman–Crippen MR) is 76.0 cm³/mol. The Morgan fingerprint density at radius 1 is 1.10 bits per heavy atom. The van der Waals surface area contributed by atoms with Crippen LogP contribution in [0.1, 0.15) is 5.56 Å². The summed E-state index contributed by atoms with van der Waals surface area (Å²) in [6.45, 7) is 0.455. The fourth-order valence-electron chi connectivity index (χ4n) is 1.87. The van der Waals surface area contributed by atoms with E-state index in [1.54, 1.807) is 7.11 Å². The molecule has 0 aliphatic rings. The van der Waals surface area contributed by atoms with Gasteiger partial charge >= 0.3 is 0 Å². The molecule has 0 bridgehead atoms. The number of hydrogen-bond donors (Lipinski definition) is 2. The van der Waals surface area contributed by atoms with Crippen LogP contribution in [0.4, 0.5) is 20.2 Å². The molecular formula is C15H16F2N2O. The Kier molecular flexibility index (Phi) is 4.40. The lowest BCUT2D eigenvalue weighted by Crippen LogP contribution is -2.09. The summed E-state index contributed by atoms with van der Waals surface area (Å²) in [6.07, 6.45) is 0.666. The molecule has 0 aliphatic carbocycles. The Labute approximate surface area is 116 Å². The maximum atomic E-state index is 13.6. The van der Waals surface area contributed by atoms with Crippen LogP contribution >= 0.6 is 0 Å². The molecule has 20 heavy (non-hydrogen) atoms. The Hall–Kier alpha value is -2.30. The summed E-state index contributed by atoms with van der Waals surface area (Å²) in [5, 5.41) is 2.83. The molecule has 0 unspecified atom stereocenters. The molecule has 106 valence electrons. The highest BCUT2D eigenvalue weighted by atomic mass is 19.2. The molecule has 0 saturated heterocycles. The SMILES string of the molecule is COc1ccc(CCNc2c(N)ccc(F)c2F)cc1. The van der Waals surface area contributed by atoms with Crippen LogP contribution < -0.4 is 15.8 Å². The van der Waals surface area contributed by atoms with E-state index in [1.807, 2.05) is 24.3 Å². The highest BCUT2D eigenvalue weighted by Gasteiger charge is 2.11. The lowest BCUT2D eigenvalue weighted by atomic mass is 10.1. The summed E-state index contributed by atoms with van der Waals surface area (Å²) in [5.74, 6) is -1.08. The maximum absolute atomic E-state index is 13.6. The number of nitrogens with two attached hydrogens (primary N) is 1. The lowest BCUT2D eigenvalue weighted by molar-refractivity contribution is 0.414. The van der Waals surface area contributed by atoms with Crippen molar-refractivity contribution in [3.63, 3.8) is 0 Å². The van der Waals surface area contributed by atoms with Crippen molar-refractivity contribution < 1.29 is 13.5 Å². The molecule has 2 rings (SSSR count). The van der Waals surface area contributed by atoms with Gasteiger partial charge in [0.05, 0.1) is 18.5 Å². The van der Waals surface area contributed by atoms with E-state index in [0.717, 1.165) is 17.4 Å². The molecular weight excluding hydrogens is 262 g/mol. The summed E-state index contributed by atoms with van der Waals surface area (Å²) < 4.78 is 31.7. The van der Waals surface area contributed by atoms with E-state index in [-0.39, 0.29) is 11.4 Å². The topological polar surface area (TPSA) is 47.3 Å². The zero-order chi connectivity index (χ0) is 14.5. The molecule has 0 fully saturated rings. The predicted octanol–water partition coefficient (Wildman–Crippen LogP) is 3.21. The van der Waals surface area contributed by atoms with Crippen molar-refractivity contribution in [2.45, 2.75) is 6.42 Å². The van der Waals surface area contributed by atoms with Gasteiger partial charge < -0.3 is 15.8 Å². The van der Waals surface area contributed by atoms with E-state index in [9.17, 15) is 8.78 Å². The van der Waals surface area contributed by atoms with Crippen molar-refractivity contribution >= 4 is 11.4 Å². The molecule has 2 aromatic rings. The Balaban J connectivity index is 1.97. The molecule has 3 N–H and O–H groups in total. The Morgan fingerprint density at radius 2 is 1.80 bits per heavy atom. The minimum absolute atomic E-state index is 0.0125. The summed E-state index contributed by atoms with van der Waals surface area (Å²) in [5.41, 5.74) is 6.89. The van der Waals surface area contributed by atoms with Gasteiger partial charge in [-0.15, -0.1) is 0 Å². The average molecular weight is 278 g/mol. The van der Waals surface area contributed by atoms with Crippen LogP contribution in [0.25, 0.3) is 0 Å². The molecule has 0 atom stereocenters. The molecule has 2 aromatic carbocycles. The van der Waals surface area contributed by atoms with Crippen LogP contribution in [0, 0.1) is 11.6 Å². The average Bonchev–Trinajstić information content (AvgIpc) is 2.47. The molecule has 0 amide bonds. The fourth-order valence-corrected chi connectivity index (χ4v) is 1.87. The van der Waals surface area contributed by atoms with Crippen LogP contribution in [0.5, 0.6) is 5.75 Å². The summed E-state index contributed by atoms with van der Waals surface area (Å²) in [6, 6.07) is 9.91. The van der Waals surface area contributed by atoms with Gasteiger partial charge in [-0.1, -0.05) is 12.1 Å². The third kappa shape index (κ3) is 3.17. The van der Waals surface area contributed by atoms with Gasteiger partial charge in [-0.3, -0.25) is 0 Å². The van der Waals surface area contributed by atoms with Crippen LogP contribution in [-0.2, 0) is 6.42 Å². The third-order valence-corrected chi connectivity index (χ3v) is 3.00. The number of ether oxygens (including phenoxy) is 1. The number of anilines is 2. The molecule has 5 heteroatoms. The van der Waals surface area contributed by atoms with Gasteiger partial charge in [-0.05, 0) is 36.2 Å². The summed E-state index contributed by atoms with van der Waals surface area (Å²) in [7, 11) is 1.60. The van der Waals surface area contributed by atoms with Crippen molar-refractivity contribution in [3.05, 3.63) is 53.6 Å². The van der Waals surface area contributed by atoms with E-state index < -0.39 is 11.6 Å². The van der Waals surface area contributed by atoms with Gasteiger partial charge in [0.1, 0.15) is 5.75 Å². The smallest absolute Gasteiger partial charge is 0.183 e. The van der Waals surface area contributed by atoms with Crippen LogP contribution in [0.3, 0.4) is 0 Å². The number of rotatable bonds is 5. The van der Waals surface area contributed by atoms with Crippen molar-refractivity contribution in [3.8, 4) is 5.75 Å². The first kappa shape index (κ1) is 14.1. The first-order valence-corrected chi connectivity index (χ1v) is 6.22. The molecule has 0 aromatic heterocycles. The molecule has 0 saturated carbocycles.